The number of hydrogen-bond acceptors (Lipinski definition) is 5. The molecule has 32 heavy (non-hydrogen) atoms. The SMILES string of the molecule is C#CCOc1c(CC=C)cc(C=C2C(=O)NC(=O)N(c3ccc(Br)cc3)C2=O)cc1OC. The van der Waals surface area contributed by atoms with E-state index in [4.69, 9.17) is 15.9 Å². The van der Waals surface area contributed by atoms with Gasteiger partial charge < -0.3 is 9.47 Å². The van der Waals surface area contributed by atoms with Crippen LogP contribution in [0.3, 0.4) is 0 Å². The van der Waals surface area contributed by atoms with Gasteiger partial charge in [-0.2, -0.15) is 0 Å². The summed E-state index contributed by atoms with van der Waals surface area (Å²) in [6, 6.07) is 9.11. The number of rotatable bonds is 7. The third kappa shape index (κ3) is 4.74. The van der Waals surface area contributed by atoms with Gasteiger partial charge in [-0.15, -0.1) is 13.0 Å². The summed E-state index contributed by atoms with van der Waals surface area (Å²) >= 11 is 3.31. The standard InChI is InChI=1S/C24H19BrN2O5/c1-4-6-16-12-15(14-20(31-3)21(16)32-11-5-2)13-19-22(28)26-24(30)27(23(19)29)18-9-7-17(25)8-10-18/h2,4,7-10,12-14H,1,6,11H2,3H3,(H,26,28,30). The molecule has 162 valence electrons. The van der Waals surface area contributed by atoms with E-state index in [1.807, 2.05) is 0 Å². The first-order valence-electron chi connectivity index (χ1n) is 9.44. The number of imide groups is 2. The molecule has 2 aromatic carbocycles. The molecule has 4 amide bonds. The number of carbonyl (C=O) groups excluding carboxylic acids is 3. The van der Waals surface area contributed by atoms with Crippen LogP contribution in [0.15, 0.2) is 59.1 Å². The molecule has 0 unspecified atom stereocenters. The van der Waals surface area contributed by atoms with Gasteiger partial charge in [0.2, 0.25) is 0 Å². The molecule has 0 atom stereocenters. The smallest absolute Gasteiger partial charge is 0.335 e. The van der Waals surface area contributed by atoms with Gasteiger partial charge in [0.25, 0.3) is 11.8 Å². The van der Waals surface area contributed by atoms with Gasteiger partial charge in [-0.1, -0.05) is 27.9 Å². The number of carbonyl (C=O) groups is 3. The van der Waals surface area contributed by atoms with Crippen molar-refractivity contribution in [2.24, 2.45) is 0 Å². The van der Waals surface area contributed by atoms with Crippen LogP contribution in [0.5, 0.6) is 11.5 Å². The van der Waals surface area contributed by atoms with E-state index < -0.39 is 17.8 Å². The lowest BCUT2D eigenvalue weighted by Gasteiger charge is -2.26. The second-order valence-electron chi connectivity index (χ2n) is 6.63. The number of nitrogens with zero attached hydrogens (tertiary/aromatic N) is 1. The molecule has 7 nitrogen and oxygen atoms in total. The Bertz CT molecular complexity index is 1160. The molecule has 1 saturated heterocycles. The first-order chi connectivity index (χ1) is 15.4. The minimum absolute atomic E-state index is 0.0477. The van der Waals surface area contributed by atoms with Gasteiger partial charge >= 0.3 is 6.03 Å². The molecule has 2 aromatic rings. The Morgan fingerprint density at radius 2 is 1.94 bits per heavy atom. The maximum absolute atomic E-state index is 13.1. The number of benzene rings is 2. The molecule has 1 N–H and O–H groups in total. The fraction of sp³-hybridized carbons (Fsp3) is 0.125. The number of barbiturate groups is 1. The number of halogens is 1. The minimum Gasteiger partial charge on any atom is -0.493 e. The molecular weight excluding hydrogens is 476 g/mol. The number of terminal acetylenes is 1. The Balaban J connectivity index is 2.06. The molecule has 0 radical (unpaired) electrons. The predicted molar refractivity (Wildman–Crippen MR) is 124 cm³/mol. The first-order valence-corrected chi connectivity index (χ1v) is 10.2. The molecule has 0 spiro atoms. The number of allylic oxidation sites excluding steroid dienone is 1. The molecule has 3 rings (SSSR count). The van der Waals surface area contributed by atoms with Crippen molar-refractivity contribution in [2.45, 2.75) is 6.42 Å². The van der Waals surface area contributed by atoms with Crippen molar-refractivity contribution in [1.82, 2.24) is 5.32 Å². The van der Waals surface area contributed by atoms with Crippen LogP contribution in [-0.2, 0) is 16.0 Å². The lowest BCUT2D eigenvalue weighted by Crippen LogP contribution is -2.54. The van der Waals surface area contributed by atoms with Crippen LogP contribution in [0.2, 0.25) is 0 Å². The van der Waals surface area contributed by atoms with Crippen LogP contribution < -0.4 is 19.7 Å². The Hall–Kier alpha value is -3.83. The summed E-state index contributed by atoms with van der Waals surface area (Å²) in [4.78, 5) is 38.8. The van der Waals surface area contributed by atoms with E-state index in [0.717, 1.165) is 9.37 Å². The van der Waals surface area contributed by atoms with Gasteiger partial charge in [0.15, 0.2) is 11.5 Å². The summed E-state index contributed by atoms with van der Waals surface area (Å²) in [5.74, 6) is 1.72. The van der Waals surface area contributed by atoms with E-state index in [9.17, 15) is 14.4 Å². The minimum atomic E-state index is -0.817. The summed E-state index contributed by atoms with van der Waals surface area (Å²) < 4.78 is 11.8. The van der Waals surface area contributed by atoms with Crippen molar-refractivity contribution in [3.8, 4) is 23.8 Å². The number of hydrogen-bond donors (Lipinski definition) is 1. The zero-order chi connectivity index (χ0) is 23.3. The Kier molecular flexibility index (Phi) is 7.13. The Morgan fingerprint density at radius 1 is 1.22 bits per heavy atom. The van der Waals surface area contributed by atoms with Crippen LogP contribution in [0, 0.1) is 12.3 Å². The van der Waals surface area contributed by atoms with E-state index in [0.29, 0.717) is 34.7 Å². The molecule has 8 heteroatoms. The third-order valence-electron chi connectivity index (χ3n) is 4.54. The molecule has 1 aliphatic heterocycles. The van der Waals surface area contributed by atoms with E-state index in [1.54, 1.807) is 42.5 Å². The number of methoxy groups -OCH3 is 1. The Labute approximate surface area is 193 Å². The Morgan fingerprint density at radius 3 is 2.56 bits per heavy atom. The van der Waals surface area contributed by atoms with E-state index >= 15 is 0 Å². The van der Waals surface area contributed by atoms with Gasteiger partial charge in [-0.25, -0.2) is 9.69 Å². The monoisotopic (exact) mass is 494 g/mol. The lowest BCUT2D eigenvalue weighted by atomic mass is 10.0. The zero-order valence-electron chi connectivity index (χ0n) is 17.2. The van der Waals surface area contributed by atoms with E-state index in [2.05, 4.69) is 33.7 Å². The normalized spacial score (nSPS) is 14.7. The summed E-state index contributed by atoms with van der Waals surface area (Å²) in [6.45, 7) is 3.79. The maximum atomic E-state index is 13.1. The molecule has 1 fully saturated rings. The topological polar surface area (TPSA) is 84.9 Å². The largest absolute Gasteiger partial charge is 0.493 e. The highest BCUT2D eigenvalue weighted by Gasteiger charge is 2.36. The van der Waals surface area contributed by atoms with Gasteiger partial charge in [0, 0.05) is 10.0 Å². The van der Waals surface area contributed by atoms with Crippen LogP contribution in [0.1, 0.15) is 11.1 Å². The van der Waals surface area contributed by atoms with E-state index in [-0.39, 0.29) is 12.2 Å². The predicted octanol–water partition coefficient (Wildman–Crippen LogP) is 3.86. The van der Waals surface area contributed by atoms with Crippen LogP contribution >= 0.6 is 15.9 Å². The number of urea groups is 1. The second-order valence-corrected chi connectivity index (χ2v) is 7.55. The van der Waals surface area contributed by atoms with Crippen molar-refractivity contribution in [3.05, 3.63) is 70.2 Å². The molecule has 0 bridgehead atoms. The molecule has 0 aromatic heterocycles. The molecule has 0 saturated carbocycles. The fourth-order valence-corrected chi connectivity index (χ4v) is 3.42. The molecular formula is C24H19BrN2O5. The van der Waals surface area contributed by atoms with Crippen molar-refractivity contribution >= 4 is 45.5 Å². The molecule has 1 aliphatic rings. The van der Waals surface area contributed by atoms with Gasteiger partial charge in [0.1, 0.15) is 12.2 Å². The number of amides is 4. The lowest BCUT2D eigenvalue weighted by molar-refractivity contribution is -0.122. The first kappa shape index (κ1) is 22.8. The zero-order valence-corrected chi connectivity index (χ0v) is 18.8. The fourth-order valence-electron chi connectivity index (χ4n) is 3.15. The van der Waals surface area contributed by atoms with Crippen molar-refractivity contribution in [2.75, 3.05) is 18.6 Å². The average molecular weight is 495 g/mol. The van der Waals surface area contributed by atoms with Crippen molar-refractivity contribution in [3.63, 3.8) is 0 Å². The van der Waals surface area contributed by atoms with Gasteiger partial charge in [-0.3, -0.25) is 14.9 Å². The highest BCUT2D eigenvalue weighted by atomic mass is 79.9. The van der Waals surface area contributed by atoms with Gasteiger partial charge in [-0.05, 0) is 54.5 Å². The number of nitrogens with one attached hydrogen (secondary N) is 1. The third-order valence-corrected chi connectivity index (χ3v) is 5.06. The van der Waals surface area contributed by atoms with E-state index in [1.165, 1.54) is 13.2 Å². The summed E-state index contributed by atoms with van der Waals surface area (Å²) in [5.41, 5.74) is 1.36. The molecule has 1 heterocycles. The summed E-state index contributed by atoms with van der Waals surface area (Å²) in [5, 5.41) is 2.20. The summed E-state index contributed by atoms with van der Waals surface area (Å²) in [6.07, 6.45) is 8.82. The van der Waals surface area contributed by atoms with Crippen molar-refractivity contribution < 1.29 is 23.9 Å². The second kappa shape index (κ2) is 9.98. The van der Waals surface area contributed by atoms with Crippen molar-refractivity contribution in [1.29, 1.82) is 0 Å². The average Bonchev–Trinajstić information content (AvgIpc) is 2.77. The van der Waals surface area contributed by atoms with Gasteiger partial charge in [0.05, 0.1) is 12.8 Å². The highest BCUT2D eigenvalue weighted by Crippen LogP contribution is 2.35. The number of anilines is 1. The summed E-state index contributed by atoms with van der Waals surface area (Å²) in [7, 11) is 1.47. The van der Waals surface area contributed by atoms with Crippen LogP contribution in [-0.4, -0.2) is 31.6 Å². The highest BCUT2D eigenvalue weighted by molar-refractivity contribution is 9.10. The molecule has 0 aliphatic carbocycles. The number of ether oxygens (including phenoxy) is 2. The van der Waals surface area contributed by atoms with Crippen LogP contribution in [0.4, 0.5) is 10.5 Å². The maximum Gasteiger partial charge on any atom is 0.335 e. The quantitative estimate of drug-likeness (QED) is 0.273. The van der Waals surface area contributed by atoms with Crippen LogP contribution in [0.25, 0.3) is 6.08 Å².